The van der Waals surface area contributed by atoms with Crippen molar-refractivity contribution < 1.29 is 23.2 Å². The summed E-state index contributed by atoms with van der Waals surface area (Å²) >= 11 is 0. The van der Waals surface area contributed by atoms with E-state index in [9.17, 15) is 14.0 Å². The number of benzene rings is 2. The Kier molecular flexibility index (Phi) is 6.30. The van der Waals surface area contributed by atoms with Crippen LogP contribution in [0.4, 0.5) is 4.39 Å². The van der Waals surface area contributed by atoms with Crippen LogP contribution < -0.4 is 10.3 Å². The van der Waals surface area contributed by atoms with Gasteiger partial charge in [0.05, 0.1) is 6.54 Å². The molecule has 0 saturated carbocycles. The predicted molar refractivity (Wildman–Crippen MR) is 109 cm³/mol. The van der Waals surface area contributed by atoms with E-state index >= 15 is 0 Å². The van der Waals surface area contributed by atoms with Gasteiger partial charge < -0.3 is 14.0 Å². The first-order valence-electron chi connectivity index (χ1n) is 9.60. The summed E-state index contributed by atoms with van der Waals surface area (Å²) < 4.78 is 29.9. The molecule has 32 heavy (non-hydrogen) atoms. The monoisotopic (exact) mass is 436 g/mol. The Bertz CT molecular complexity index is 1260. The number of nitrogens with zero attached hydrogens (tertiary/aromatic N) is 4. The zero-order valence-corrected chi connectivity index (χ0v) is 16.7. The fourth-order valence-corrected chi connectivity index (χ4v) is 2.72. The molecule has 0 unspecified atom stereocenters. The Hall–Kier alpha value is -4.34. The Balaban J connectivity index is 1.35. The van der Waals surface area contributed by atoms with Crippen LogP contribution in [0.1, 0.15) is 16.4 Å². The minimum atomic E-state index is -0.760. The molecule has 0 atom stereocenters. The second kappa shape index (κ2) is 9.65. The lowest BCUT2D eigenvalue weighted by atomic mass is 10.2. The summed E-state index contributed by atoms with van der Waals surface area (Å²) in [5.41, 5.74) is 0.126. The molecule has 2 aromatic heterocycles. The van der Waals surface area contributed by atoms with Crippen molar-refractivity contribution in [2.45, 2.75) is 13.2 Å². The normalized spacial score (nSPS) is 10.7. The van der Waals surface area contributed by atoms with E-state index in [4.69, 9.17) is 14.0 Å². The Morgan fingerprint density at radius 3 is 2.59 bits per heavy atom. The summed E-state index contributed by atoms with van der Waals surface area (Å²) in [5.74, 6) is -0.185. The number of esters is 1. The number of rotatable bonds is 8. The first-order valence-corrected chi connectivity index (χ1v) is 9.60. The van der Waals surface area contributed by atoms with Gasteiger partial charge in [0.1, 0.15) is 18.2 Å². The van der Waals surface area contributed by atoms with Crippen LogP contribution in [0.2, 0.25) is 0 Å². The first-order chi connectivity index (χ1) is 15.6. The standard InChI is InChI=1S/C22H17FN4O5/c23-16-8-6-15(7-9-16)21-24-19(32-26-21)14-31-22(29)18-10-11-20(28)27(25-18)12-13-30-17-4-2-1-3-5-17/h1-11H,12-14H2. The third-order valence-corrected chi connectivity index (χ3v) is 4.29. The summed E-state index contributed by atoms with van der Waals surface area (Å²) in [7, 11) is 0. The molecule has 0 amide bonds. The summed E-state index contributed by atoms with van der Waals surface area (Å²) in [5, 5.41) is 7.80. The van der Waals surface area contributed by atoms with Gasteiger partial charge in [0.25, 0.3) is 11.4 Å². The lowest BCUT2D eigenvalue weighted by molar-refractivity contribution is 0.0419. The number of aromatic nitrogens is 4. The van der Waals surface area contributed by atoms with E-state index in [0.717, 1.165) is 4.68 Å². The molecule has 0 saturated heterocycles. The summed E-state index contributed by atoms with van der Waals surface area (Å²) in [6.45, 7) is 0.0635. The molecule has 0 bridgehead atoms. The zero-order chi connectivity index (χ0) is 22.3. The van der Waals surface area contributed by atoms with Gasteiger partial charge in [-0.1, -0.05) is 23.4 Å². The molecule has 4 rings (SSSR count). The van der Waals surface area contributed by atoms with E-state index in [1.54, 1.807) is 12.1 Å². The topological polar surface area (TPSA) is 109 Å². The maximum Gasteiger partial charge on any atom is 0.359 e. The number of hydrogen-bond acceptors (Lipinski definition) is 8. The molecule has 9 nitrogen and oxygen atoms in total. The Labute approximate surface area is 181 Å². The smallest absolute Gasteiger partial charge is 0.359 e. The number of carbonyl (C=O) groups is 1. The highest BCUT2D eigenvalue weighted by Crippen LogP contribution is 2.16. The molecule has 4 aromatic rings. The van der Waals surface area contributed by atoms with Crippen molar-refractivity contribution in [1.82, 2.24) is 19.9 Å². The molecule has 0 aliphatic rings. The summed E-state index contributed by atoms with van der Waals surface area (Å²) in [6.07, 6.45) is 0. The van der Waals surface area contributed by atoms with Crippen LogP contribution in [-0.2, 0) is 17.9 Å². The SMILES string of the molecule is O=C(OCc1nc(-c2ccc(F)cc2)no1)c1ccc(=O)n(CCOc2ccccc2)n1. The molecule has 0 radical (unpaired) electrons. The number of ether oxygens (including phenoxy) is 2. The van der Waals surface area contributed by atoms with Crippen LogP contribution in [0.3, 0.4) is 0 Å². The largest absolute Gasteiger partial charge is 0.492 e. The van der Waals surface area contributed by atoms with Crippen molar-refractivity contribution >= 4 is 5.97 Å². The molecule has 0 aliphatic carbocycles. The predicted octanol–water partition coefficient (Wildman–Crippen LogP) is 2.87. The van der Waals surface area contributed by atoms with Crippen LogP contribution in [-0.4, -0.2) is 32.5 Å². The van der Waals surface area contributed by atoms with Crippen molar-refractivity contribution in [3.63, 3.8) is 0 Å². The van der Waals surface area contributed by atoms with E-state index in [1.807, 2.05) is 18.2 Å². The first kappa shape index (κ1) is 20.9. The Morgan fingerprint density at radius 1 is 1.03 bits per heavy atom. The molecule has 162 valence electrons. The van der Waals surface area contributed by atoms with Crippen molar-refractivity contribution in [2.24, 2.45) is 0 Å². The number of halogens is 1. The average molecular weight is 436 g/mol. The van der Waals surface area contributed by atoms with Gasteiger partial charge in [-0.05, 0) is 42.5 Å². The quantitative estimate of drug-likeness (QED) is 0.388. The lowest BCUT2D eigenvalue weighted by Gasteiger charge is -2.08. The summed E-state index contributed by atoms with van der Waals surface area (Å²) in [4.78, 5) is 28.4. The lowest BCUT2D eigenvalue weighted by Crippen LogP contribution is -2.27. The highest BCUT2D eigenvalue weighted by atomic mass is 19.1. The van der Waals surface area contributed by atoms with Crippen LogP contribution in [0.15, 0.2) is 76.0 Å². The molecule has 2 heterocycles. The van der Waals surface area contributed by atoms with Gasteiger partial charge in [-0.25, -0.2) is 13.9 Å². The van der Waals surface area contributed by atoms with Crippen LogP contribution >= 0.6 is 0 Å². The van der Waals surface area contributed by atoms with E-state index < -0.39 is 5.97 Å². The minimum Gasteiger partial charge on any atom is -0.492 e. The fourth-order valence-electron chi connectivity index (χ4n) is 2.72. The van der Waals surface area contributed by atoms with Crippen molar-refractivity contribution in [3.8, 4) is 17.1 Å². The molecule has 10 heteroatoms. The van der Waals surface area contributed by atoms with Crippen molar-refractivity contribution in [3.05, 3.63) is 94.5 Å². The van der Waals surface area contributed by atoms with E-state index in [1.165, 1.54) is 36.4 Å². The minimum absolute atomic E-state index is 0.0532. The molecule has 0 N–H and O–H groups in total. The van der Waals surface area contributed by atoms with Crippen LogP contribution in [0.5, 0.6) is 5.75 Å². The molecule has 2 aromatic carbocycles. The molecule has 0 aliphatic heterocycles. The number of carbonyl (C=O) groups excluding carboxylic acids is 1. The highest BCUT2D eigenvalue weighted by Gasteiger charge is 2.15. The zero-order valence-electron chi connectivity index (χ0n) is 16.7. The van der Waals surface area contributed by atoms with Crippen LogP contribution in [0, 0.1) is 5.82 Å². The van der Waals surface area contributed by atoms with Crippen molar-refractivity contribution in [1.29, 1.82) is 0 Å². The molecule has 0 fully saturated rings. The fraction of sp³-hybridized carbons (Fsp3) is 0.136. The third-order valence-electron chi connectivity index (χ3n) is 4.29. The van der Waals surface area contributed by atoms with Gasteiger partial charge in [0, 0.05) is 11.6 Å². The average Bonchev–Trinajstić information content (AvgIpc) is 3.29. The van der Waals surface area contributed by atoms with Crippen molar-refractivity contribution in [2.75, 3.05) is 6.61 Å². The van der Waals surface area contributed by atoms with E-state index in [-0.39, 0.29) is 48.5 Å². The van der Waals surface area contributed by atoms with Crippen LogP contribution in [0.25, 0.3) is 11.4 Å². The van der Waals surface area contributed by atoms with Gasteiger partial charge in [0.2, 0.25) is 5.82 Å². The second-order valence-corrected chi connectivity index (χ2v) is 6.54. The van der Waals surface area contributed by atoms with E-state index in [2.05, 4.69) is 15.2 Å². The van der Waals surface area contributed by atoms with Gasteiger partial charge in [-0.2, -0.15) is 10.1 Å². The maximum absolute atomic E-state index is 13.0. The van der Waals surface area contributed by atoms with Gasteiger partial charge in [0.15, 0.2) is 12.3 Å². The molecular weight excluding hydrogens is 419 g/mol. The van der Waals surface area contributed by atoms with Gasteiger partial charge in [-0.15, -0.1) is 0 Å². The molecular formula is C22H17FN4O5. The number of para-hydroxylation sites is 1. The third kappa shape index (κ3) is 5.22. The van der Waals surface area contributed by atoms with E-state index in [0.29, 0.717) is 11.3 Å². The van der Waals surface area contributed by atoms with Gasteiger partial charge in [-0.3, -0.25) is 4.79 Å². The Morgan fingerprint density at radius 2 is 1.81 bits per heavy atom. The maximum atomic E-state index is 13.0. The summed E-state index contributed by atoms with van der Waals surface area (Å²) in [6, 6.07) is 17.2. The second-order valence-electron chi connectivity index (χ2n) is 6.54. The highest BCUT2D eigenvalue weighted by molar-refractivity contribution is 5.86. The molecule has 0 spiro atoms. The number of hydrogen-bond donors (Lipinski definition) is 0. The van der Waals surface area contributed by atoms with Gasteiger partial charge >= 0.3 is 5.97 Å².